The maximum Gasteiger partial charge on any atom is 0.408 e. The number of hydrogen-bond acceptors (Lipinski definition) is 12. The molecule has 3 fully saturated rings. The van der Waals surface area contributed by atoms with Gasteiger partial charge >= 0.3 is 12.1 Å². The number of ether oxygens (including phenoxy) is 2. The van der Waals surface area contributed by atoms with E-state index in [0.29, 0.717) is 36.0 Å². The summed E-state index contributed by atoms with van der Waals surface area (Å²) in [7, 11) is 0. The van der Waals surface area contributed by atoms with Gasteiger partial charge in [0.1, 0.15) is 65.6 Å². The third-order valence-electron chi connectivity index (χ3n) is 15.0. The van der Waals surface area contributed by atoms with Crippen molar-refractivity contribution in [2.24, 2.45) is 17.8 Å². The van der Waals surface area contributed by atoms with Crippen LogP contribution in [-0.4, -0.2) is 146 Å². The minimum atomic E-state index is -1.89. The molecule has 3 saturated heterocycles. The second-order valence-electron chi connectivity index (χ2n) is 25.3. The lowest BCUT2D eigenvalue weighted by Gasteiger charge is -2.30. The largest absolute Gasteiger partial charge is 0.460 e. The van der Waals surface area contributed by atoms with Crippen molar-refractivity contribution in [3.05, 3.63) is 125 Å². The van der Waals surface area contributed by atoms with Crippen LogP contribution in [-0.2, 0) is 52.6 Å². The number of halogens is 3. The van der Waals surface area contributed by atoms with Crippen molar-refractivity contribution >= 4 is 112 Å². The average Bonchev–Trinajstić information content (AvgIpc) is 1.86. The van der Waals surface area contributed by atoms with E-state index in [1.54, 1.807) is 112 Å². The van der Waals surface area contributed by atoms with Gasteiger partial charge in [0.15, 0.2) is 0 Å². The van der Waals surface area contributed by atoms with Gasteiger partial charge in [-0.25, -0.2) is 9.59 Å². The number of amides is 9. The van der Waals surface area contributed by atoms with Gasteiger partial charge in [-0.3, -0.25) is 38.4 Å². The van der Waals surface area contributed by atoms with E-state index in [2.05, 4.69) is 31.9 Å². The van der Waals surface area contributed by atoms with Crippen LogP contribution in [0.1, 0.15) is 137 Å². The second-order valence-corrected chi connectivity index (χ2v) is 27.8. The van der Waals surface area contributed by atoms with Gasteiger partial charge in [0.25, 0.3) is 17.7 Å². The molecule has 6 atom stereocenters. The Morgan fingerprint density at radius 2 is 0.791 bits per heavy atom. The van der Waals surface area contributed by atoms with Crippen LogP contribution < -0.4 is 31.9 Å². The number of esters is 1. The maximum absolute atomic E-state index is 15.0. The Balaban J connectivity index is 1.22. The van der Waals surface area contributed by atoms with Gasteiger partial charge in [0.05, 0.1) is 0 Å². The van der Waals surface area contributed by atoms with Gasteiger partial charge in [0, 0.05) is 19.6 Å². The van der Waals surface area contributed by atoms with E-state index in [9.17, 15) is 43.2 Å². The predicted octanol–water partition coefficient (Wildman–Crippen LogP) is 8.35. The molecule has 21 nitrogen and oxygen atoms in total. The Morgan fingerprint density at radius 1 is 0.484 bits per heavy atom. The third kappa shape index (κ3) is 22.6. The first-order valence-corrected chi connectivity index (χ1v) is 32.1. The van der Waals surface area contributed by atoms with E-state index in [0.717, 1.165) is 0 Å². The lowest BCUT2D eigenvalue weighted by atomic mass is 10.0. The lowest BCUT2D eigenvalue weighted by Crippen LogP contribution is -2.56. The van der Waals surface area contributed by atoms with Crippen LogP contribution in [0.4, 0.5) is 4.79 Å². The highest BCUT2D eigenvalue weighted by molar-refractivity contribution is 6.67. The molecule has 0 radical (unpaired) electrons. The standard InChI is InChI=1S/C67H86Cl3N9O12/c1-41(2)34-47(71-60(84)54-29-20-32-78(54)62(86)51(38-45-24-15-11-16-25-45)75-58(82)49(36-43(5)6)76-65(89)91-66(7,8)9)56(80)73-50(37-44-22-13-10-14-23-44)61(85)77-31-19-28-53(77)59(83)72-48(35-42(3)4)57(81)74-52(39-46-26-17-12-18-27-46)63(87)79-33-21-30-55(79)64(88)90-40-67(68,69)70/h10-18,22-27,37-39,41-43,47-49,53-55H,19-21,28-36,40H2,1-9H3,(H,71,84)(H,72,83)(H,73,80)(H,74,81)(H,75,82)(H,76,89)/b50-37-,51-38-,52-39-/t47-,48-,49-,53-,54-,55-/m0/s1. The van der Waals surface area contributed by atoms with Crippen LogP contribution in [0.15, 0.2) is 108 Å². The molecule has 24 heteroatoms. The summed E-state index contributed by atoms with van der Waals surface area (Å²) in [5.41, 5.74) is 0.261. The highest BCUT2D eigenvalue weighted by atomic mass is 35.6. The molecule has 0 spiro atoms. The van der Waals surface area contributed by atoms with Crippen LogP contribution in [0.5, 0.6) is 0 Å². The van der Waals surface area contributed by atoms with Crippen molar-refractivity contribution in [2.75, 3.05) is 26.2 Å². The van der Waals surface area contributed by atoms with Crippen molar-refractivity contribution < 1.29 is 57.4 Å². The summed E-state index contributed by atoms with van der Waals surface area (Å²) in [6, 6.07) is 19.4. The Kier molecular flexibility index (Phi) is 26.6. The molecule has 3 aromatic carbocycles. The van der Waals surface area contributed by atoms with Crippen molar-refractivity contribution in [3.63, 3.8) is 0 Å². The van der Waals surface area contributed by atoms with Crippen LogP contribution >= 0.6 is 34.8 Å². The van der Waals surface area contributed by atoms with Crippen LogP contribution in [0.2, 0.25) is 0 Å². The van der Waals surface area contributed by atoms with Gasteiger partial charge in [0.2, 0.25) is 33.3 Å². The Morgan fingerprint density at radius 3 is 1.10 bits per heavy atom. The number of hydrogen-bond donors (Lipinski definition) is 6. The van der Waals surface area contributed by atoms with Gasteiger partial charge in [-0.2, -0.15) is 0 Å². The maximum atomic E-state index is 15.0. The minimum absolute atomic E-state index is 0.0559. The van der Waals surface area contributed by atoms with E-state index < -0.39 is 112 Å². The molecule has 6 N–H and O–H groups in total. The number of carbonyl (C=O) groups excluding carboxylic acids is 10. The summed E-state index contributed by atoms with van der Waals surface area (Å²) in [6.07, 6.45) is 5.95. The normalized spacial score (nSPS) is 18.3. The lowest BCUT2D eigenvalue weighted by molar-refractivity contribution is -0.152. The number of benzene rings is 3. The molecule has 0 aromatic heterocycles. The van der Waals surface area contributed by atoms with E-state index in [1.807, 2.05) is 41.5 Å². The summed E-state index contributed by atoms with van der Waals surface area (Å²) in [5.74, 6) is -6.74. The summed E-state index contributed by atoms with van der Waals surface area (Å²) >= 11 is 17.5. The fourth-order valence-electron chi connectivity index (χ4n) is 10.9. The molecule has 492 valence electrons. The molecule has 0 aliphatic carbocycles. The molecule has 0 bridgehead atoms. The molecule has 9 amide bonds. The van der Waals surface area contributed by atoms with Crippen molar-refractivity contribution in [3.8, 4) is 0 Å². The molecule has 0 saturated carbocycles. The number of carbonyl (C=O) groups is 10. The molecule has 3 heterocycles. The molecule has 3 aliphatic heterocycles. The summed E-state index contributed by atoms with van der Waals surface area (Å²) < 4.78 is 8.81. The molecule has 91 heavy (non-hydrogen) atoms. The Bertz CT molecular complexity index is 3170. The van der Waals surface area contributed by atoms with Crippen molar-refractivity contribution in [1.29, 1.82) is 0 Å². The highest BCUT2D eigenvalue weighted by Gasteiger charge is 2.42. The summed E-state index contributed by atoms with van der Waals surface area (Å²) in [6.45, 7) is 16.1. The highest BCUT2D eigenvalue weighted by Crippen LogP contribution is 2.29. The SMILES string of the molecule is CC(C)C[C@H](NC(=O)OC(C)(C)C)C(=O)N/C(=C\c1ccccc1)C(=O)N1CCC[C@H]1C(=O)N[C@@H](CC(C)C)C(=O)N/C(=C\c1ccccc1)C(=O)N1CCC[C@H]1C(=O)N[C@@H](CC(C)C)C(=O)N/C(=C\c1ccccc1)C(=O)N1CCC[C@H]1C(=O)OCC(Cl)(Cl)Cl. The Hall–Kier alpha value is -7.75. The quantitative estimate of drug-likeness (QED) is 0.0265. The number of nitrogens with zero attached hydrogens (tertiary/aromatic N) is 3. The minimum Gasteiger partial charge on any atom is -0.460 e. The average molecular weight is 1320 g/mol. The zero-order valence-electron chi connectivity index (χ0n) is 53.2. The van der Waals surface area contributed by atoms with Crippen molar-refractivity contribution in [2.45, 2.75) is 166 Å². The van der Waals surface area contributed by atoms with E-state index in [1.165, 1.54) is 32.9 Å². The molecule has 3 aromatic rings. The number of rotatable bonds is 25. The molecular weight excluding hydrogens is 1230 g/mol. The topological polar surface area (TPSA) is 271 Å². The predicted molar refractivity (Wildman–Crippen MR) is 349 cm³/mol. The molecule has 6 rings (SSSR count). The van der Waals surface area contributed by atoms with E-state index >= 15 is 4.79 Å². The first-order chi connectivity index (χ1) is 43.0. The molecular formula is C67H86Cl3N9O12. The van der Waals surface area contributed by atoms with E-state index in [4.69, 9.17) is 44.3 Å². The van der Waals surface area contributed by atoms with Crippen LogP contribution in [0.3, 0.4) is 0 Å². The second kappa shape index (κ2) is 33.5. The molecule has 0 unspecified atom stereocenters. The number of nitrogens with one attached hydrogen (secondary N) is 6. The molecule has 3 aliphatic rings. The first-order valence-electron chi connectivity index (χ1n) is 31.0. The van der Waals surface area contributed by atoms with Crippen molar-refractivity contribution in [1.82, 2.24) is 46.6 Å². The summed E-state index contributed by atoms with van der Waals surface area (Å²) in [5, 5.41) is 16.7. The zero-order chi connectivity index (χ0) is 66.7. The summed E-state index contributed by atoms with van der Waals surface area (Å²) in [4.78, 5) is 147. The Labute approximate surface area is 548 Å². The van der Waals surface area contributed by atoms with Gasteiger partial charge < -0.3 is 56.1 Å². The third-order valence-corrected chi connectivity index (χ3v) is 15.3. The fourth-order valence-corrected chi connectivity index (χ4v) is 11.1. The monoisotopic (exact) mass is 1310 g/mol. The smallest absolute Gasteiger partial charge is 0.408 e. The number of alkyl carbamates (subject to hydrolysis) is 1. The number of likely N-dealkylation sites (tertiary alicyclic amines) is 3. The number of alkyl halides is 3. The van der Waals surface area contributed by atoms with Gasteiger partial charge in [-0.05, 0) is 131 Å². The fraction of sp³-hybridized carbons (Fsp3) is 0.493. The zero-order valence-corrected chi connectivity index (χ0v) is 55.4. The van der Waals surface area contributed by atoms with Crippen LogP contribution in [0, 0.1) is 17.8 Å². The first kappa shape index (κ1) is 72.3. The van der Waals surface area contributed by atoms with Crippen LogP contribution in [0.25, 0.3) is 18.2 Å². The van der Waals surface area contributed by atoms with Gasteiger partial charge in [-0.1, -0.05) is 167 Å². The van der Waals surface area contributed by atoms with E-state index in [-0.39, 0.29) is 93.0 Å². The van der Waals surface area contributed by atoms with Gasteiger partial charge in [-0.15, -0.1) is 0 Å².